The zero-order valence-corrected chi connectivity index (χ0v) is 10.1. The van der Waals surface area contributed by atoms with Crippen LogP contribution in [0.1, 0.15) is 0 Å². The van der Waals surface area contributed by atoms with Crippen LogP contribution in [0.5, 0.6) is 0 Å². The second-order valence-corrected chi connectivity index (χ2v) is 4.27. The Hall–Kier alpha value is -2.62. The molecule has 3 rings (SSSR count). The molecule has 94 valence electrons. The van der Waals surface area contributed by atoms with Gasteiger partial charge >= 0.3 is 0 Å². The van der Waals surface area contributed by atoms with E-state index in [9.17, 15) is 4.39 Å². The van der Waals surface area contributed by atoms with Gasteiger partial charge in [0.15, 0.2) is 0 Å². The third kappa shape index (κ3) is 2.33. The smallest absolute Gasteiger partial charge is 0.138 e. The molecule has 0 saturated carbocycles. The molecule has 0 bridgehead atoms. The quantitative estimate of drug-likeness (QED) is 0.685. The number of nitrogens with zero attached hydrogens (tertiary/aromatic N) is 1. The highest BCUT2D eigenvalue weighted by Gasteiger charge is 2.03. The van der Waals surface area contributed by atoms with E-state index >= 15 is 0 Å². The minimum Gasteiger partial charge on any atom is -0.399 e. The maximum Gasteiger partial charge on any atom is 0.138 e. The first-order chi connectivity index (χ1) is 9.22. The molecule has 0 saturated heterocycles. The van der Waals surface area contributed by atoms with Crippen molar-refractivity contribution >= 4 is 28.0 Å². The molecule has 0 fully saturated rings. The molecule has 0 radical (unpaired) electrons. The van der Waals surface area contributed by atoms with Gasteiger partial charge in [-0.3, -0.25) is 0 Å². The molecule has 0 aliphatic heterocycles. The SMILES string of the molecule is Nc1ccc2ccnc(Nc3ccc(F)cc3)c2c1. The molecule has 0 spiro atoms. The molecule has 0 aliphatic carbocycles. The average molecular weight is 253 g/mol. The van der Waals surface area contributed by atoms with Crippen molar-refractivity contribution in [3.05, 3.63) is 60.5 Å². The number of fused-ring (bicyclic) bond motifs is 1. The summed E-state index contributed by atoms with van der Waals surface area (Å²) in [6.45, 7) is 0. The lowest BCUT2D eigenvalue weighted by atomic mass is 10.1. The van der Waals surface area contributed by atoms with Gasteiger partial charge in [0.2, 0.25) is 0 Å². The number of aromatic nitrogens is 1. The number of hydrogen-bond acceptors (Lipinski definition) is 3. The van der Waals surface area contributed by atoms with Crippen LogP contribution < -0.4 is 11.1 Å². The molecule has 1 aromatic heterocycles. The Morgan fingerprint density at radius 3 is 2.58 bits per heavy atom. The standard InChI is InChI=1S/C15H12FN3/c16-11-2-5-13(6-3-11)19-15-14-9-12(17)4-1-10(14)7-8-18-15/h1-9H,17H2,(H,18,19). The van der Waals surface area contributed by atoms with Crippen LogP contribution in [-0.4, -0.2) is 4.98 Å². The predicted octanol–water partition coefficient (Wildman–Crippen LogP) is 3.70. The van der Waals surface area contributed by atoms with Crippen LogP contribution in [0.3, 0.4) is 0 Å². The van der Waals surface area contributed by atoms with Gasteiger partial charge < -0.3 is 11.1 Å². The molecule has 0 aliphatic rings. The van der Waals surface area contributed by atoms with Crippen molar-refractivity contribution in [3.63, 3.8) is 0 Å². The average Bonchev–Trinajstić information content (AvgIpc) is 2.42. The van der Waals surface area contributed by atoms with E-state index < -0.39 is 0 Å². The summed E-state index contributed by atoms with van der Waals surface area (Å²) in [5, 5.41) is 5.15. The van der Waals surface area contributed by atoms with E-state index in [1.54, 1.807) is 18.3 Å². The Morgan fingerprint density at radius 1 is 1.00 bits per heavy atom. The van der Waals surface area contributed by atoms with Gasteiger partial charge in [0.1, 0.15) is 11.6 Å². The van der Waals surface area contributed by atoms with Gasteiger partial charge in [-0.25, -0.2) is 9.37 Å². The fraction of sp³-hybridized carbons (Fsp3) is 0. The Labute approximate surface area is 109 Å². The number of nitrogens with two attached hydrogens (primary N) is 1. The number of halogens is 1. The zero-order valence-electron chi connectivity index (χ0n) is 10.1. The second kappa shape index (κ2) is 4.57. The van der Waals surface area contributed by atoms with Crippen LogP contribution >= 0.6 is 0 Å². The van der Waals surface area contributed by atoms with Crippen molar-refractivity contribution in [1.29, 1.82) is 0 Å². The van der Waals surface area contributed by atoms with E-state index in [1.807, 2.05) is 24.3 Å². The van der Waals surface area contributed by atoms with E-state index in [0.29, 0.717) is 11.5 Å². The fourth-order valence-electron chi connectivity index (χ4n) is 1.96. The normalized spacial score (nSPS) is 10.6. The van der Waals surface area contributed by atoms with Gasteiger partial charge in [0.25, 0.3) is 0 Å². The van der Waals surface area contributed by atoms with Gasteiger partial charge in [-0.1, -0.05) is 6.07 Å². The first-order valence-electron chi connectivity index (χ1n) is 5.89. The highest BCUT2D eigenvalue weighted by Crippen LogP contribution is 2.26. The lowest BCUT2D eigenvalue weighted by molar-refractivity contribution is 0.628. The first kappa shape index (κ1) is 11.5. The van der Waals surface area contributed by atoms with Crippen molar-refractivity contribution in [2.45, 2.75) is 0 Å². The Balaban J connectivity index is 2.05. The third-order valence-electron chi connectivity index (χ3n) is 2.90. The molecule has 3 N–H and O–H groups in total. The third-order valence-corrected chi connectivity index (χ3v) is 2.90. The maximum atomic E-state index is 12.9. The van der Waals surface area contributed by atoms with Gasteiger partial charge in [-0.15, -0.1) is 0 Å². The van der Waals surface area contributed by atoms with Crippen molar-refractivity contribution in [2.75, 3.05) is 11.1 Å². The highest BCUT2D eigenvalue weighted by molar-refractivity contribution is 5.95. The van der Waals surface area contributed by atoms with Gasteiger partial charge in [-0.05, 0) is 47.9 Å². The predicted molar refractivity (Wildman–Crippen MR) is 75.8 cm³/mol. The summed E-state index contributed by atoms with van der Waals surface area (Å²) in [6, 6.07) is 13.7. The van der Waals surface area contributed by atoms with Crippen molar-refractivity contribution in [1.82, 2.24) is 4.98 Å². The van der Waals surface area contributed by atoms with Gasteiger partial charge in [0, 0.05) is 23.0 Å². The minimum atomic E-state index is -0.263. The molecule has 0 atom stereocenters. The molecule has 19 heavy (non-hydrogen) atoms. The van der Waals surface area contributed by atoms with Crippen molar-refractivity contribution < 1.29 is 4.39 Å². The number of nitrogens with one attached hydrogen (secondary N) is 1. The number of hydrogen-bond donors (Lipinski definition) is 2. The zero-order chi connectivity index (χ0) is 13.2. The summed E-state index contributed by atoms with van der Waals surface area (Å²) in [5.41, 5.74) is 7.27. The first-order valence-corrected chi connectivity index (χ1v) is 5.89. The molecule has 3 aromatic rings. The summed E-state index contributed by atoms with van der Waals surface area (Å²) in [4.78, 5) is 4.31. The van der Waals surface area contributed by atoms with E-state index in [1.165, 1.54) is 12.1 Å². The van der Waals surface area contributed by atoms with Gasteiger partial charge in [0.05, 0.1) is 0 Å². The maximum absolute atomic E-state index is 12.9. The number of pyridine rings is 1. The van der Waals surface area contributed by atoms with Crippen LogP contribution in [-0.2, 0) is 0 Å². The highest BCUT2D eigenvalue weighted by atomic mass is 19.1. The summed E-state index contributed by atoms with van der Waals surface area (Å²) >= 11 is 0. The molecule has 3 nitrogen and oxygen atoms in total. The lowest BCUT2D eigenvalue weighted by Crippen LogP contribution is -1.95. The summed E-state index contributed by atoms with van der Waals surface area (Å²) in [6.07, 6.45) is 1.73. The van der Waals surface area contributed by atoms with E-state index in [-0.39, 0.29) is 5.82 Å². The van der Waals surface area contributed by atoms with Crippen molar-refractivity contribution in [2.24, 2.45) is 0 Å². The molecular weight excluding hydrogens is 241 g/mol. The number of nitrogen functional groups attached to an aromatic ring is 1. The van der Waals surface area contributed by atoms with E-state index in [2.05, 4.69) is 10.3 Å². The molecule has 4 heteroatoms. The summed E-state index contributed by atoms with van der Waals surface area (Å²) < 4.78 is 12.9. The van der Waals surface area contributed by atoms with Crippen LogP contribution in [0.15, 0.2) is 54.7 Å². The van der Waals surface area contributed by atoms with Crippen LogP contribution in [0.4, 0.5) is 21.6 Å². The molecule has 1 heterocycles. The topological polar surface area (TPSA) is 50.9 Å². The summed E-state index contributed by atoms with van der Waals surface area (Å²) in [5.74, 6) is 0.442. The Bertz CT molecular complexity index is 723. The van der Waals surface area contributed by atoms with Crippen LogP contribution in [0.25, 0.3) is 10.8 Å². The monoisotopic (exact) mass is 253 g/mol. The van der Waals surface area contributed by atoms with Gasteiger partial charge in [-0.2, -0.15) is 0 Å². The largest absolute Gasteiger partial charge is 0.399 e. The Morgan fingerprint density at radius 2 is 1.79 bits per heavy atom. The van der Waals surface area contributed by atoms with Crippen LogP contribution in [0.2, 0.25) is 0 Å². The number of rotatable bonds is 2. The van der Waals surface area contributed by atoms with E-state index in [4.69, 9.17) is 5.73 Å². The number of anilines is 3. The Kier molecular flexibility index (Phi) is 2.76. The molecular formula is C15H12FN3. The van der Waals surface area contributed by atoms with E-state index in [0.717, 1.165) is 16.5 Å². The molecule has 0 unspecified atom stereocenters. The summed E-state index contributed by atoms with van der Waals surface area (Å²) in [7, 11) is 0. The van der Waals surface area contributed by atoms with Crippen LogP contribution in [0, 0.1) is 5.82 Å². The molecule has 2 aromatic carbocycles. The van der Waals surface area contributed by atoms with Crippen molar-refractivity contribution in [3.8, 4) is 0 Å². The lowest BCUT2D eigenvalue weighted by Gasteiger charge is -2.09. The molecule has 0 amide bonds. The minimum absolute atomic E-state index is 0.263. The fourth-order valence-corrected chi connectivity index (χ4v) is 1.96. The number of benzene rings is 2. The second-order valence-electron chi connectivity index (χ2n) is 4.27.